The second-order valence-electron chi connectivity index (χ2n) is 14.5. The van der Waals surface area contributed by atoms with Crippen molar-refractivity contribution in [1.29, 1.82) is 10.8 Å². The normalized spacial score (nSPS) is 18.6. The second-order valence-corrected chi connectivity index (χ2v) is 15.0. The number of anilines is 1. The van der Waals surface area contributed by atoms with E-state index in [9.17, 15) is 4.79 Å². The Kier molecular flexibility index (Phi) is 11.8. The average Bonchev–Trinajstić information content (AvgIpc) is 3.56. The molecule has 6 rings (SSSR count). The summed E-state index contributed by atoms with van der Waals surface area (Å²) >= 11 is 1.25. The zero-order valence-electron chi connectivity index (χ0n) is 30.9. The minimum Gasteiger partial charge on any atom is -0.491 e. The second kappa shape index (κ2) is 16.5. The van der Waals surface area contributed by atoms with Crippen molar-refractivity contribution in [1.82, 2.24) is 24.6 Å². The van der Waals surface area contributed by atoms with Crippen molar-refractivity contribution in [2.45, 2.75) is 83.4 Å². The summed E-state index contributed by atoms with van der Waals surface area (Å²) in [6, 6.07) is 17.0. The van der Waals surface area contributed by atoms with Crippen molar-refractivity contribution in [3.63, 3.8) is 0 Å². The first kappa shape index (κ1) is 37.9. The molecule has 4 aromatic rings. The van der Waals surface area contributed by atoms with Gasteiger partial charge in [0.25, 0.3) is 0 Å². The molecule has 0 unspecified atom stereocenters. The Labute approximate surface area is 314 Å². The lowest BCUT2D eigenvalue weighted by molar-refractivity contribution is 0.171. The summed E-state index contributed by atoms with van der Waals surface area (Å²) in [5, 5.41) is 28.2. The zero-order chi connectivity index (χ0) is 37.7. The van der Waals surface area contributed by atoms with Crippen LogP contribution in [-0.2, 0) is 9.60 Å². The van der Waals surface area contributed by atoms with Crippen molar-refractivity contribution >= 4 is 29.9 Å². The SMILES string of the molecule is CSOCCOc1ccc(F)c(-n2nc(C(C)(C)C)cc2NC(=O)N[C@H]2CC[C@@H](Oc3ccc(=N)n(C(=N)N4CCCC[C@@H]4C)c3)c3ccccc32)c1. The third-order valence-corrected chi connectivity index (χ3v) is 10.1. The van der Waals surface area contributed by atoms with E-state index in [-0.39, 0.29) is 40.7 Å². The van der Waals surface area contributed by atoms with Crippen molar-refractivity contribution in [3.8, 4) is 17.2 Å². The molecule has 0 saturated carbocycles. The number of fused-ring (bicyclic) bond motifs is 1. The third kappa shape index (κ3) is 8.87. The summed E-state index contributed by atoms with van der Waals surface area (Å²) in [4.78, 5) is 15.7. The number of benzene rings is 2. The monoisotopic (exact) mass is 744 g/mol. The maximum absolute atomic E-state index is 15.3. The number of piperidine rings is 1. The Morgan fingerprint density at radius 3 is 2.55 bits per heavy atom. The largest absolute Gasteiger partial charge is 0.491 e. The molecule has 1 aliphatic carbocycles. The Hall–Kier alpha value is -4.82. The van der Waals surface area contributed by atoms with Gasteiger partial charge in [0.1, 0.15) is 47.0 Å². The summed E-state index contributed by atoms with van der Waals surface area (Å²) in [6.07, 6.45) is 7.69. The Balaban J connectivity index is 1.19. The van der Waals surface area contributed by atoms with Crippen LogP contribution in [0.1, 0.15) is 88.8 Å². The van der Waals surface area contributed by atoms with E-state index >= 15 is 4.39 Å². The summed E-state index contributed by atoms with van der Waals surface area (Å²) in [5.74, 6) is 1.10. The number of aromatic nitrogens is 3. The molecule has 53 heavy (non-hydrogen) atoms. The fourth-order valence-corrected chi connectivity index (χ4v) is 7.05. The highest BCUT2D eigenvalue weighted by atomic mass is 32.2. The fraction of sp³-hybridized carbons (Fsp3) is 0.436. The summed E-state index contributed by atoms with van der Waals surface area (Å²) < 4.78 is 35.9. The molecule has 1 aliphatic heterocycles. The molecule has 14 heteroatoms. The predicted octanol–water partition coefficient (Wildman–Crippen LogP) is 7.70. The van der Waals surface area contributed by atoms with Gasteiger partial charge < -0.3 is 23.9 Å². The standard InChI is InChI=1S/C39H49FN8O4S/c1-25-10-8-9-19-46(25)37(42)47-24-27(14-18-35(47)41)52-33-17-16-31(28-11-6-7-12-29(28)33)43-38(49)44-36-23-34(39(2,3)4)45-48(36)32-22-26(13-15-30(32)40)50-20-21-51-53-5/h6-7,11-15,18,22-25,31,33,41-42H,8-10,16-17,19-21H2,1-5H3,(H2,43,44,49)/t25-,31-,33+/m0/s1. The third-order valence-electron chi connectivity index (χ3n) is 9.66. The number of carbonyl (C=O) groups excluding carboxylic acids is 1. The van der Waals surface area contributed by atoms with E-state index in [1.807, 2.05) is 56.2 Å². The number of rotatable bonds is 10. The van der Waals surface area contributed by atoms with Crippen molar-refractivity contribution < 1.29 is 22.8 Å². The molecule has 0 bridgehead atoms. The van der Waals surface area contributed by atoms with Crippen molar-refractivity contribution in [2.75, 3.05) is 31.3 Å². The molecule has 3 heterocycles. The summed E-state index contributed by atoms with van der Waals surface area (Å²) in [5.41, 5.74) is 2.55. The molecule has 0 spiro atoms. The number of hydrogen-bond acceptors (Lipinski definition) is 8. The van der Waals surface area contributed by atoms with Crippen LogP contribution in [0, 0.1) is 16.6 Å². The number of halogens is 1. The molecule has 12 nitrogen and oxygen atoms in total. The Bertz CT molecular complexity index is 1990. The molecule has 4 N–H and O–H groups in total. The maximum atomic E-state index is 15.3. The van der Waals surface area contributed by atoms with E-state index in [0.29, 0.717) is 49.1 Å². The number of likely N-dealkylation sites (tertiary alicyclic amines) is 1. The molecule has 2 amide bonds. The lowest BCUT2D eigenvalue weighted by Gasteiger charge is -2.36. The number of amides is 2. The van der Waals surface area contributed by atoms with E-state index in [4.69, 9.17) is 29.6 Å². The van der Waals surface area contributed by atoms with Gasteiger partial charge in [-0.15, -0.1) is 0 Å². The van der Waals surface area contributed by atoms with Gasteiger partial charge in [0.15, 0.2) is 0 Å². The molecule has 0 radical (unpaired) electrons. The van der Waals surface area contributed by atoms with Crippen LogP contribution in [0.4, 0.5) is 15.0 Å². The van der Waals surface area contributed by atoms with E-state index in [1.54, 1.807) is 41.1 Å². The van der Waals surface area contributed by atoms with Gasteiger partial charge in [-0.3, -0.25) is 20.7 Å². The molecule has 2 aliphatic rings. The lowest BCUT2D eigenvalue weighted by Crippen LogP contribution is -2.47. The Morgan fingerprint density at radius 1 is 1.02 bits per heavy atom. The van der Waals surface area contributed by atoms with E-state index in [0.717, 1.165) is 36.9 Å². The van der Waals surface area contributed by atoms with Gasteiger partial charge in [0.05, 0.1) is 24.5 Å². The van der Waals surface area contributed by atoms with Gasteiger partial charge in [-0.05, 0) is 86.5 Å². The van der Waals surface area contributed by atoms with Crippen LogP contribution in [-0.4, -0.2) is 63.3 Å². The minimum atomic E-state index is -0.516. The van der Waals surface area contributed by atoms with E-state index in [2.05, 4.69) is 17.6 Å². The summed E-state index contributed by atoms with van der Waals surface area (Å²) in [6.45, 7) is 9.59. The first-order valence-electron chi connectivity index (χ1n) is 18.1. The number of ether oxygens (including phenoxy) is 2. The number of pyridine rings is 1. The van der Waals surface area contributed by atoms with Gasteiger partial charge in [0.2, 0.25) is 5.96 Å². The first-order chi connectivity index (χ1) is 25.4. The maximum Gasteiger partial charge on any atom is 0.320 e. The van der Waals surface area contributed by atoms with Gasteiger partial charge in [-0.25, -0.2) is 13.9 Å². The van der Waals surface area contributed by atoms with Crippen LogP contribution in [0.3, 0.4) is 0 Å². The number of carbonyl (C=O) groups is 1. The lowest BCUT2D eigenvalue weighted by atomic mass is 9.85. The molecule has 282 valence electrons. The zero-order valence-corrected chi connectivity index (χ0v) is 31.8. The van der Waals surface area contributed by atoms with Crippen LogP contribution >= 0.6 is 12.0 Å². The molecule has 3 atom stereocenters. The van der Waals surface area contributed by atoms with Crippen LogP contribution in [0.2, 0.25) is 0 Å². The summed E-state index contributed by atoms with van der Waals surface area (Å²) in [7, 11) is 0. The quantitative estimate of drug-likeness (QED) is 0.0565. The first-order valence-corrected chi connectivity index (χ1v) is 19.2. The Morgan fingerprint density at radius 2 is 1.79 bits per heavy atom. The molecular weight excluding hydrogens is 696 g/mol. The fourth-order valence-electron chi connectivity index (χ4n) is 6.82. The highest BCUT2D eigenvalue weighted by Gasteiger charge is 2.31. The number of hydrogen-bond donors (Lipinski definition) is 4. The minimum absolute atomic E-state index is 0.141. The molecule has 2 aromatic heterocycles. The van der Waals surface area contributed by atoms with Crippen molar-refractivity contribution in [2.24, 2.45) is 0 Å². The van der Waals surface area contributed by atoms with E-state index in [1.165, 1.54) is 22.8 Å². The van der Waals surface area contributed by atoms with Crippen LogP contribution < -0.4 is 25.6 Å². The van der Waals surface area contributed by atoms with Gasteiger partial charge in [-0.2, -0.15) is 5.10 Å². The van der Waals surface area contributed by atoms with Gasteiger partial charge in [0, 0.05) is 36.4 Å². The molecule has 1 saturated heterocycles. The smallest absolute Gasteiger partial charge is 0.320 e. The highest BCUT2D eigenvalue weighted by Crippen LogP contribution is 2.39. The molecule has 1 fully saturated rings. The average molecular weight is 745 g/mol. The van der Waals surface area contributed by atoms with E-state index < -0.39 is 11.8 Å². The van der Waals surface area contributed by atoms with Crippen molar-refractivity contribution in [3.05, 3.63) is 95.0 Å². The molecular formula is C39H49FN8O4S. The number of nitrogens with one attached hydrogen (secondary N) is 4. The number of nitrogens with zero attached hydrogens (tertiary/aromatic N) is 4. The highest BCUT2D eigenvalue weighted by molar-refractivity contribution is 7.93. The van der Waals surface area contributed by atoms with Crippen LogP contribution in [0.5, 0.6) is 11.5 Å². The van der Waals surface area contributed by atoms with Crippen LogP contribution in [0.25, 0.3) is 5.69 Å². The predicted molar refractivity (Wildman–Crippen MR) is 205 cm³/mol. The van der Waals surface area contributed by atoms with Gasteiger partial charge in [-0.1, -0.05) is 45.0 Å². The molecule has 2 aromatic carbocycles. The van der Waals surface area contributed by atoms with Gasteiger partial charge >= 0.3 is 6.03 Å². The topological polar surface area (TPSA) is 143 Å². The van der Waals surface area contributed by atoms with Crippen LogP contribution in [0.15, 0.2) is 66.9 Å². The number of urea groups is 1.